The number of piperazine rings is 1. The van der Waals surface area contributed by atoms with Crippen LogP contribution in [0.25, 0.3) is 0 Å². The predicted octanol–water partition coefficient (Wildman–Crippen LogP) is 2.40. The highest BCUT2D eigenvalue weighted by atomic mass is 16.5. The lowest BCUT2D eigenvalue weighted by molar-refractivity contribution is 0.102. The zero-order valence-electron chi connectivity index (χ0n) is 15.0. The van der Waals surface area contributed by atoms with Crippen LogP contribution in [-0.4, -0.2) is 56.1 Å². The summed E-state index contributed by atoms with van der Waals surface area (Å²) < 4.78 is 5.33. The molecule has 0 unspecified atom stereocenters. The van der Waals surface area contributed by atoms with Gasteiger partial charge in [-0.1, -0.05) is 6.07 Å². The van der Waals surface area contributed by atoms with Crippen LogP contribution in [0.15, 0.2) is 36.5 Å². The molecule has 1 N–H and O–H groups in total. The molecule has 1 aliphatic heterocycles. The number of carbonyl (C=O) groups is 1. The minimum absolute atomic E-state index is 0.165. The van der Waals surface area contributed by atoms with Crippen LogP contribution in [0.5, 0.6) is 5.75 Å². The molecule has 132 valence electrons. The highest BCUT2D eigenvalue weighted by Gasteiger charge is 2.17. The molecule has 6 nitrogen and oxygen atoms in total. The molecule has 0 bridgehead atoms. The Bertz CT molecular complexity index is 755. The van der Waals surface area contributed by atoms with Crippen molar-refractivity contribution in [2.45, 2.75) is 6.92 Å². The minimum Gasteiger partial charge on any atom is -0.495 e. The normalized spacial score (nSPS) is 15.1. The van der Waals surface area contributed by atoms with Crippen LogP contribution >= 0.6 is 0 Å². The number of hydrogen-bond donors (Lipinski definition) is 1. The molecule has 6 heteroatoms. The Kier molecular flexibility index (Phi) is 5.19. The molecule has 0 saturated carbocycles. The molecular weight excluding hydrogens is 316 g/mol. The van der Waals surface area contributed by atoms with Gasteiger partial charge in [0, 0.05) is 37.9 Å². The number of nitrogens with one attached hydrogen (secondary N) is 1. The van der Waals surface area contributed by atoms with E-state index in [2.05, 4.69) is 27.1 Å². The van der Waals surface area contributed by atoms with E-state index in [-0.39, 0.29) is 5.91 Å². The van der Waals surface area contributed by atoms with Gasteiger partial charge in [-0.15, -0.1) is 0 Å². The SMILES string of the molecule is COc1ccc(C)cc1NC(=O)c1ccnc(N2CCN(C)CC2)c1. The third-order valence-corrected chi connectivity index (χ3v) is 4.44. The maximum Gasteiger partial charge on any atom is 0.255 e. The third kappa shape index (κ3) is 4.09. The van der Waals surface area contributed by atoms with Crippen LogP contribution in [0.1, 0.15) is 15.9 Å². The number of rotatable bonds is 4. The molecule has 1 amide bonds. The lowest BCUT2D eigenvalue weighted by atomic mass is 10.2. The molecule has 1 saturated heterocycles. The van der Waals surface area contributed by atoms with Gasteiger partial charge in [0.1, 0.15) is 11.6 Å². The highest BCUT2D eigenvalue weighted by Crippen LogP contribution is 2.26. The second kappa shape index (κ2) is 7.53. The van der Waals surface area contributed by atoms with Crippen molar-refractivity contribution in [3.05, 3.63) is 47.7 Å². The molecule has 1 aliphatic rings. The number of nitrogens with zero attached hydrogens (tertiary/aromatic N) is 3. The monoisotopic (exact) mass is 340 g/mol. The molecule has 1 aromatic heterocycles. The molecule has 3 rings (SSSR count). The van der Waals surface area contributed by atoms with Crippen molar-refractivity contribution in [1.82, 2.24) is 9.88 Å². The summed E-state index contributed by atoms with van der Waals surface area (Å²) in [5.41, 5.74) is 2.32. The summed E-state index contributed by atoms with van der Waals surface area (Å²) in [5, 5.41) is 2.94. The Balaban J connectivity index is 1.77. The Hall–Kier alpha value is -2.60. The number of hydrogen-bond acceptors (Lipinski definition) is 5. The van der Waals surface area contributed by atoms with Crippen molar-refractivity contribution in [2.75, 3.05) is 50.6 Å². The average molecular weight is 340 g/mol. The lowest BCUT2D eigenvalue weighted by Crippen LogP contribution is -2.44. The number of amides is 1. The molecule has 0 aliphatic carbocycles. The number of benzene rings is 1. The summed E-state index contributed by atoms with van der Waals surface area (Å²) in [5.74, 6) is 1.32. The molecule has 2 aromatic rings. The van der Waals surface area contributed by atoms with Crippen LogP contribution in [-0.2, 0) is 0 Å². The second-order valence-electron chi connectivity index (χ2n) is 6.35. The van der Waals surface area contributed by atoms with Crippen molar-refractivity contribution in [1.29, 1.82) is 0 Å². The van der Waals surface area contributed by atoms with Gasteiger partial charge in [0.05, 0.1) is 12.8 Å². The van der Waals surface area contributed by atoms with Crippen molar-refractivity contribution < 1.29 is 9.53 Å². The molecular formula is C19H24N4O2. The fraction of sp³-hybridized carbons (Fsp3) is 0.368. The summed E-state index contributed by atoms with van der Waals surface area (Å²) in [6.07, 6.45) is 1.69. The number of aryl methyl sites for hydroxylation is 1. The van der Waals surface area contributed by atoms with Gasteiger partial charge >= 0.3 is 0 Å². The molecule has 0 radical (unpaired) electrons. The number of likely N-dealkylation sites (N-methyl/N-ethyl adjacent to an activating group) is 1. The van der Waals surface area contributed by atoms with E-state index in [1.165, 1.54) is 0 Å². The maximum absolute atomic E-state index is 12.7. The van der Waals surface area contributed by atoms with E-state index in [0.717, 1.165) is 37.6 Å². The van der Waals surface area contributed by atoms with Crippen molar-refractivity contribution in [3.8, 4) is 5.75 Å². The van der Waals surface area contributed by atoms with Crippen LogP contribution in [0, 0.1) is 6.92 Å². The highest BCUT2D eigenvalue weighted by molar-refractivity contribution is 6.05. The Labute approximate surface area is 148 Å². The quantitative estimate of drug-likeness (QED) is 0.926. The Morgan fingerprint density at radius 2 is 1.92 bits per heavy atom. The van der Waals surface area contributed by atoms with E-state index < -0.39 is 0 Å². The van der Waals surface area contributed by atoms with E-state index in [4.69, 9.17) is 4.74 Å². The fourth-order valence-corrected chi connectivity index (χ4v) is 2.88. The van der Waals surface area contributed by atoms with Crippen LogP contribution in [0.4, 0.5) is 11.5 Å². The Morgan fingerprint density at radius 3 is 2.64 bits per heavy atom. The smallest absolute Gasteiger partial charge is 0.255 e. The van der Waals surface area contributed by atoms with E-state index >= 15 is 0 Å². The summed E-state index contributed by atoms with van der Waals surface area (Å²) in [7, 11) is 3.71. The van der Waals surface area contributed by atoms with E-state index in [1.807, 2.05) is 31.2 Å². The van der Waals surface area contributed by atoms with Crippen molar-refractivity contribution >= 4 is 17.4 Å². The van der Waals surface area contributed by atoms with Crippen molar-refractivity contribution in [2.24, 2.45) is 0 Å². The van der Waals surface area contributed by atoms with Gasteiger partial charge in [-0.25, -0.2) is 4.98 Å². The summed E-state index contributed by atoms with van der Waals surface area (Å²) in [4.78, 5) is 21.6. The second-order valence-corrected chi connectivity index (χ2v) is 6.35. The first-order chi connectivity index (χ1) is 12.1. The predicted molar refractivity (Wildman–Crippen MR) is 99.6 cm³/mol. The Morgan fingerprint density at radius 1 is 1.16 bits per heavy atom. The van der Waals surface area contributed by atoms with Gasteiger partial charge in [-0.2, -0.15) is 0 Å². The van der Waals surface area contributed by atoms with E-state index in [1.54, 1.807) is 19.4 Å². The lowest BCUT2D eigenvalue weighted by Gasteiger charge is -2.33. The first kappa shape index (κ1) is 17.2. The molecule has 1 aromatic carbocycles. The third-order valence-electron chi connectivity index (χ3n) is 4.44. The van der Waals surface area contributed by atoms with E-state index in [0.29, 0.717) is 17.0 Å². The summed E-state index contributed by atoms with van der Waals surface area (Å²) in [6, 6.07) is 9.29. The van der Waals surface area contributed by atoms with Gasteiger partial charge in [0.15, 0.2) is 0 Å². The molecule has 25 heavy (non-hydrogen) atoms. The van der Waals surface area contributed by atoms with Crippen LogP contribution in [0.2, 0.25) is 0 Å². The number of aromatic nitrogens is 1. The van der Waals surface area contributed by atoms with Crippen LogP contribution < -0.4 is 15.0 Å². The molecule has 2 heterocycles. The van der Waals surface area contributed by atoms with Gasteiger partial charge in [0.2, 0.25) is 0 Å². The molecule has 1 fully saturated rings. The van der Waals surface area contributed by atoms with Crippen molar-refractivity contribution in [3.63, 3.8) is 0 Å². The van der Waals surface area contributed by atoms with Gasteiger partial charge < -0.3 is 19.9 Å². The minimum atomic E-state index is -0.165. The number of methoxy groups -OCH3 is 1. The average Bonchev–Trinajstić information content (AvgIpc) is 2.62. The van der Waals surface area contributed by atoms with Crippen LogP contribution in [0.3, 0.4) is 0 Å². The molecule has 0 spiro atoms. The summed E-state index contributed by atoms with van der Waals surface area (Å²) in [6.45, 7) is 5.81. The zero-order valence-corrected chi connectivity index (χ0v) is 15.0. The van der Waals surface area contributed by atoms with E-state index in [9.17, 15) is 4.79 Å². The van der Waals surface area contributed by atoms with Gasteiger partial charge in [0.25, 0.3) is 5.91 Å². The van der Waals surface area contributed by atoms with Gasteiger partial charge in [-0.3, -0.25) is 4.79 Å². The number of carbonyl (C=O) groups excluding carboxylic acids is 1. The first-order valence-electron chi connectivity index (χ1n) is 8.42. The number of anilines is 2. The summed E-state index contributed by atoms with van der Waals surface area (Å²) >= 11 is 0. The standard InChI is InChI=1S/C19H24N4O2/c1-14-4-5-17(25-3)16(12-14)21-19(24)15-6-7-20-18(13-15)23-10-8-22(2)9-11-23/h4-7,12-13H,8-11H2,1-3H3,(H,21,24). The largest absolute Gasteiger partial charge is 0.495 e. The zero-order chi connectivity index (χ0) is 17.8. The topological polar surface area (TPSA) is 57.7 Å². The van der Waals surface area contributed by atoms with Gasteiger partial charge in [-0.05, 0) is 43.8 Å². The number of pyridine rings is 1. The number of ether oxygens (including phenoxy) is 1. The maximum atomic E-state index is 12.7. The first-order valence-corrected chi connectivity index (χ1v) is 8.42. The molecule has 0 atom stereocenters. The fourth-order valence-electron chi connectivity index (χ4n) is 2.88.